The molecule has 1 aromatic carbocycles. The molecule has 1 heterocycles. The molecule has 0 unspecified atom stereocenters. The first kappa shape index (κ1) is 16.0. The highest BCUT2D eigenvalue weighted by atomic mass is 79.9. The van der Waals surface area contributed by atoms with Gasteiger partial charge in [-0.1, -0.05) is 29.8 Å². The first-order valence-corrected chi connectivity index (χ1v) is 7.75. The van der Waals surface area contributed by atoms with Crippen LogP contribution in [0, 0.1) is 12.8 Å². The topological polar surface area (TPSA) is 60.2 Å². The molecular weight excluding hydrogens is 334 g/mol. The molecular formula is C15H20BrN3O2. The molecule has 2 aromatic rings. The minimum Gasteiger partial charge on any atom is -0.484 e. The van der Waals surface area contributed by atoms with Crippen LogP contribution < -0.4 is 10.1 Å². The molecule has 1 N–H and O–H groups in total. The fourth-order valence-corrected chi connectivity index (χ4v) is 2.20. The summed E-state index contributed by atoms with van der Waals surface area (Å²) in [5, 5.41) is 11.1. The van der Waals surface area contributed by atoms with Gasteiger partial charge in [0.1, 0.15) is 5.75 Å². The van der Waals surface area contributed by atoms with E-state index in [0.717, 1.165) is 28.9 Å². The van der Waals surface area contributed by atoms with Crippen molar-refractivity contribution in [2.24, 2.45) is 5.92 Å². The van der Waals surface area contributed by atoms with Gasteiger partial charge in [-0.05, 0) is 36.2 Å². The third-order valence-corrected chi connectivity index (χ3v) is 3.59. The third-order valence-electron chi connectivity index (χ3n) is 2.82. The first-order chi connectivity index (χ1) is 10.0. The van der Waals surface area contributed by atoms with Gasteiger partial charge in [0.25, 0.3) is 5.89 Å². The summed E-state index contributed by atoms with van der Waals surface area (Å²) in [6.07, 6.45) is 0. The van der Waals surface area contributed by atoms with Crippen molar-refractivity contribution in [2.45, 2.75) is 33.9 Å². The van der Waals surface area contributed by atoms with Crippen LogP contribution >= 0.6 is 15.9 Å². The van der Waals surface area contributed by atoms with Crippen molar-refractivity contribution in [3.63, 3.8) is 0 Å². The van der Waals surface area contributed by atoms with Gasteiger partial charge in [0.2, 0.25) is 5.89 Å². The van der Waals surface area contributed by atoms with Gasteiger partial charge in [0.05, 0.1) is 0 Å². The van der Waals surface area contributed by atoms with E-state index in [1.807, 2.05) is 18.2 Å². The highest BCUT2D eigenvalue weighted by molar-refractivity contribution is 9.10. The molecule has 0 fully saturated rings. The molecule has 0 aliphatic rings. The monoisotopic (exact) mass is 353 g/mol. The smallest absolute Gasteiger partial charge is 0.253 e. The van der Waals surface area contributed by atoms with E-state index in [4.69, 9.17) is 9.15 Å². The Morgan fingerprint density at radius 3 is 2.81 bits per heavy atom. The summed E-state index contributed by atoms with van der Waals surface area (Å²) in [7, 11) is 0. The zero-order chi connectivity index (χ0) is 15.2. The normalized spacial score (nSPS) is 11.1. The second-order valence-electron chi connectivity index (χ2n) is 5.28. The number of halogens is 1. The Bertz CT molecular complexity index is 584. The summed E-state index contributed by atoms with van der Waals surface area (Å²) in [4.78, 5) is 0. The molecule has 0 amide bonds. The van der Waals surface area contributed by atoms with Gasteiger partial charge in [-0.25, -0.2) is 0 Å². The molecule has 21 heavy (non-hydrogen) atoms. The van der Waals surface area contributed by atoms with E-state index in [9.17, 15) is 0 Å². The first-order valence-electron chi connectivity index (χ1n) is 6.95. The summed E-state index contributed by atoms with van der Waals surface area (Å²) < 4.78 is 12.0. The van der Waals surface area contributed by atoms with Crippen LogP contribution in [0.1, 0.15) is 31.2 Å². The van der Waals surface area contributed by atoms with Crippen molar-refractivity contribution in [1.82, 2.24) is 15.5 Å². The molecule has 6 heteroatoms. The van der Waals surface area contributed by atoms with E-state index in [1.54, 1.807) is 6.92 Å². The number of hydrogen-bond donors (Lipinski definition) is 1. The summed E-state index contributed by atoms with van der Waals surface area (Å²) in [6.45, 7) is 8.20. The quantitative estimate of drug-likeness (QED) is 0.825. The summed E-state index contributed by atoms with van der Waals surface area (Å²) in [5.74, 6) is 2.44. The highest BCUT2D eigenvalue weighted by Gasteiger charge is 2.06. The number of ether oxygens (including phenoxy) is 1. The maximum absolute atomic E-state index is 5.68. The molecule has 0 aliphatic heterocycles. The summed E-state index contributed by atoms with van der Waals surface area (Å²) >= 11 is 3.56. The lowest BCUT2D eigenvalue weighted by atomic mass is 10.2. The van der Waals surface area contributed by atoms with Crippen LogP contribution in [0.3, 0.4) is 0 Å². The predicted molar refractivity (Wildman–Crippen MR) is 84.1 cm³/mol. The zero-order valence-electron chi connectivity index (χ0n) is 12.5. The number of rotatable bonds is 7. The number of hydrogen-bond acceptors (Lipinski definition) is 5. The van der Waals surface area contributed by atoms with Gasteiger partial charge >= 0.3 is 0 Å². The summed E-state index contributed by atoms with van der Waals surface area (Å²) in [5.41, 5.74) is 1.16. The number of aromatic nitrogens is 2. The third kappa shape index (κ3) is 5.13. The van der Waals surface area contributed by atoms with Crippen LogP contribution in [0.25, 0.3) is 0 Å². The molecule has 0 bridgehead atoms. The van der Waals surface area contributed by atoms with Crippen molar-refractivity contribution in [3.05, 3.63) is 40.0 Å². The van der Waals surface area contributed by atoms with Crippen molar-refractivity contribution >= 4 is 15.9 Å². The molecule has 0 atom stereocenters. The fraction of sp³-hybridized carbons (Fsp3) is 0.467. The van der Waals surface area contributed by atoms with Crippen molar-refractivity contribution < 1.29 is 9.15 Å². The van der Waals surface area contributed by atoms with Gasteiger partial charge in [-0.2, -0.15) is 0 Å². The molecule has 5 nitrogen and oxygen atoms in total. The Hall–Kier alpha value is -1.40. The van der Waals surface area contributed by atoms with Crippen LogP contribution in [0.5, 0.6) is 5.75 Å². The van der Waals surface area contributed by atoms with Crippen LogP contribution in [0.15, 0.2) is 27.1 Å². The maximum atomic E-state index is 5.68. The van der Waals surface area contributed by atoms with Gasteiger partial charge in [0, 0.05) is 17.9 Å². The van der Waals surface area contributed by atoms with Crippen LogP contribution in [-0.2, 0) is 13.2 Å². The predicted octanol–water partition coefficient (Wildman–Crippen LogP) is 3.47. The van der Waals surface area contributed by atoms with Crippen molar-refractivity contribution in [1.29, 1.82) is 0 Å². The zero-order valence-corrected chi connectivity index (χ0v) is 14.1. The van der Waals surface area contributed by atoms with Gasteiger partial charge in [-0.15, -0.1) is 10.2 Å². The van der Waals surface area contributed by atoms with Crippen molar-refractivity contribution in [3.8, 4) is 5.75 Å². The molecule has 2 rings (SSSR count). The largest absolute Gasteiger partial charge is 0.484 e. The Kier molecular flexibility index (Phi) is 5.76. The average Bonchev–Trinajstić information content (AvgIpc) is 2.85. The van der Waals surface area contributed by atoms with Gasteiger partial charge in [0.15, 0.2) is 6.61 Å². The van der Waals surface area contributed by atoms with E-state index < -0.39 is 0 Å². The second kappa shape index (κ2) is 7.56. The molecule has 114 valence electrons. The molecule has 1 aromatic heterocycles. The lowest BCUT2D eigenvalue weighted by molar-refractivity contribution is 0.260. The maximum Gasteiger partial charge on any atom is 0.253 e. The second-order valence-corrected chi connectivity index (χ2v) is 6.14. The minimum atomic E-state index is 0.279. The van der Waals surface area contributed by atoms with Crippen LogP contribution in [-0.4, -0.2) is 16.7 Å². The summed E-state index contributed by atoms with van der Waals surface area (Å²) in [6, 6.07) is 5.92. The number of aryl methyl sites for hydroxylation is 1. The van der Waals surface area contributed by atoms with E-state index in [-0.39, 0.29) is 6.61 Å². The van der Waals surface area contributed by atoms with Gasteiger partial charge in [-0.3, -0.25) is 0 Å². The van der Waals surface area contributed by atoms with Crippen LogP contribution in [0.2, 0.25) is 0 Å². The number of nitrogens with one attached hydrogen (secondary N) is 1. The Morgan fingerprint density at radius 1 is 1.33 bits per heavy atom. The molecule has 0 saturated carbocycles. The average molecular weight is 354 g/mol. The standard InChI is InChI=1S/C15H20BrN3O2/c1-10(2)7-17-8-12-6-13(4-5-14(12)16)20-9-15-19-18-11(3)21-15/h4-6,10,17H,7-9H2,1-3H3. The van der Waals surface area contributed by atoms with Crippen molar-refractivity contribution in [2.75, 3.05) is 6.54 Å². The number of nitrogens with zero attached hydrogens (tertiary/aromatic N) is 2. The molecule has 0 aliphatic carbocycles. The SMILES string of the molecule is Cc1nnc(COc2ccc(Br)c(CNCC(C)C)c2)o1. The number of benzene rings is 1. The Morgan fingerprint density at radius 2 is 2.14 bits per heavy atom. The van der Waals surface area contributed by atoms with Crippen LogP contribution in [0.4, 0.5) is 0 Å². The lowest BCUT2D eigenvalue weighted by Crippen LogP contribution is -2.19. The molecule has 0 spiro atoms. The molecule has 0 radical (unpaired) electrons. The highest BCUT2D eigenvalue weighted by Crippen LogP contribution is 2.23. The lowest BCUT2D eigenvalue weighted by Gasteiger charge is -2.11. The van der Waals surface area contributed by atoms with E-state index in [0.29, 0.717) is 17.7 Å². The van der Waals surface area contributed by atoms with E-state index in [2.05, 4.69) is 45.3 Å². The Balaban J connectivity index is 1.94. The molecule has 0 saturated heterocycles. The Labute approximate surface area is 133 Å². The van der Waals surface area contributed by atoms with E-state index >= 15 is 0 Å². The fourth-order valence-electron chi connectivity index (χ4n) is 1.81. The van der Waals surface area contributed by atoms with E-state index in [1.165, 1.54) is 0 Å². The van der Waals surface area contributed by atoms with Gasteiger partial charge < -0.3 is 14.5 Å². The minimum absolute atomic E-state index is 0.279.